The van der Waals surface area contributed by atoms with Crippen LogP contribution in [0.2, 0.25) is 0 Å². The summed E-state index contributed by atoms with van der Waals surface area (Å²) in [5, 5.41) is 7.04. The Kier molecular flexibility index (Phi) is 7.56. The van der Waals surface area contributed by atoms with Gasteiger partial charge in [-0.3, -0.25) is 4.99 Å². The number of pyridine rings is 1. The third-order valence-corrected chi connectivity index (χ3v) is 5.64. The van der Waals surface area contributed by atoms with E-state index in [4.69, 9.17) is 9.98 Å². The zero-order valence-electron chi connectivity index (χ0n) is 17.0. The second-order valence-electron chi connectivity index (χ2n) is 7.85. The molecule has 0 atom stereocenters. The van der Waals surface area contributed by atoms with Crippen molar-refractivity contribution in [2.45, 2.75) is 58.0 Å². The lowest BCUT2D eigenvalue weighted by Crippen LogP contribution is -2.49. The number of hydrogen-bond donors (Lipinski definition) is 2. The molecular formula is C21H33IN6. The number of likely N-dealkylation sites (tertiary alicyclic amines) is 1. The number of imidazole rings is 1. The van der Waals surface area contributed by atoms with Crippen LogP contribution < -0.4 is 10.6 Å². The summed E-state index contributed by atoms with van der Waals surface area (Å²) < 4.78 is 2.10. The predicted octanol–water partition coefficient (Wildman–Crippen LogP) is 2.99. The molecule has 2 aromatic heterocycles. The smallest absolute Gasteiger partial charge is 0.191 e. The maximum atomic E-state index is 4.79. The van der Waals surface area contributed by atoms with Crippen LogP contribution in [0, 0.1) is 6.92 Å². The summed E-state index contributed by atoms with van der Waals surface area (Å²) in [4.78, 5) is 12.2. The monoisotopic (exact) mass is 496 g/mol. The summed E-state index contributed by atoms with van der Waals surface area (Å²) in [5.41, 5.74) is 3.35. The molecule has 1 aliphatic heterocycles. The fourth-order valence-corrected chi connectivity index (χ4v) is 3.97. The molecule has 0 unspecified atom stereocenters. The highest BCUT2D eigenvalue weighted by Gasteiger charge is 2.31. The molecule has 1 saturated heterocycles. The molecule has 2 fully saturated rings. The SMILES string of the molecule is CCNC(=NCCc1cn2cccc(C)c2n1)NC1CCN(C2CC2)CC1.I. The number of rotatable bonds is 6. The van der Waals surface area contributed by atoms with Crippen LogP contribution in [0.4, 0.5) is 0 Å². The average molecular weight is 496 g/mol. The van der Waals surface area contributed by atoms with Gasteiger partial charge < -0.3 is 19.9 Å². The van der Waals surface area contributed by atoms with E-state index in [1.165, 1.54) is 44.3 Å². The minimum Gasteiger partial charge on any atom is -0.357 e. The number of aromatic nitrogens is 2. The maximum Gasteiger partial charge on any atom is 0.191 e. The minimum absolute atomic E-state index is 0. The summed E-state index contributed by atoms with van der Waals surface area (Å²) in [7, 11) is 0. The standard InChI is InChI=1S/C21H32N6.HI/c1-3-22-21(25-17-9-13-26(14-10-17)19-6-7-19)23-11-8-18-15-27-12-4-5-16(2)20(27)24-18;/h4-5,12,15,17,19H,3,6-11,13-14H2,1-2H3,(H2,22,23,25);1H. The molecule has 0 bridgehead atoms. The molecule has 2 aromatic rings. The van der Waals surface area contributed by atoms with E-state index in [2.05, 4.69) is 58.3 Å². The van der Waals surface area contributed by atoms with Crippen molar-refractivity contribution in [3.63, 3.8) is 0 Å². The van der Waals surface area contributed by atoms with E-state index in [9.17, 15) is 0 Å². The van der Waals surface area contributed by atoms with Crippen molar-refractivity contribution in [1.82, 2.24) is 24.9 Å². The third kappa shape index (κ3) is 5.37. The normalized spacial score (nSPS) is 18.9. The van der Waals surface area contributed by atoms with E-state index in [1.54, 1.807) is 0 Å². The first-order valence-corrected chi connectivity index (χ1v) is 10.4. The number of fused-ring (bicyclic) bond motifs is 1. The Bertz CT molecular complexity index is 789. The number of hydrogen-bond acceptors (Lipinski definition) is 3. The Hall–Kier alpha value is -1.35. The summed E-state index contributed by atoms with van der Waals surface area (Å²) in [5.74, 6) is 0.947. The van der Waals surface area contributed by atoms with E-state index in [0.717, 1.165) is 42.9 Å². The lowest BCUT2D eigenvalue weighted by atomic mass is 10.1. The quantitative estimate of drug-likeness (QED) is 0.367. The van der Waals surface area contributed by atoms with Gasteiger partial charge in [0, 0.05) is 57.1 Å². The van der Waals surface area contributed by atoms with Crippen LogP contribution in [-0.4, -0.2) is 58.5 Å². The number of aryl methyl sites for hydroxylation is 1. The van der Waals surface area contributed by atoms with Crippen LogP contribution in [0.3, 0.4) is 0 Å². The van der Waals surface area contributed by atoms with Crippen molar-refractivity contribution in [3.05, 3.63) is 35.8 Å². The van der Waals surface area contributed by atoms with Crippen LogP contribution in [0.1, 0.15) is 43.9 Å². The number of piperidine rings is 1. The van der Waals surface area contributed by atoms with E-state index < -0.39 is 0 Å². The first-order chi connectivity index (χ1) is 13.2. The highest BCUT2D eigenvalue weighted by molar-refractivity contribution is 14.0. The Morgan fingerprint density at radius 3 is 2.71 bits per heavy atom. The second-order valence-corrected chi connectivity index (χ2v) is 7.85. The van der Waals surface area contributed by atoms with Gasteiger partial charge in [-0.2, -0.15) is 0 Å². The molecule has 3 heterocycles. The average Bonchev–Trinajstić information content (AvgIpc) is 3.43. The molecule has 1 saturated carbocycles. The van der Waals surface area contributed by atoms with Crippen LogP contribution in [-0.2, 0) is 6.42 Å². The summed E-state index contributed by atoms with van der Waals surface area (Å²) in [6.07, 6.45) is 10.3. The zero-order valence-corrected chi connectivity index (χ0v) is 19.4. The molecule has 0 radical (unpaired) electrons. The minimum atomic E-state index is 0. The topological polar surface area (TPSA) is 57.0 Å². The van der Waals surface area contributed by atoms with Crippen LogP contribution in [0.25, 0.3) is 5.65 Å². The third-order valence-electron chi connectivity index (χ3n) is 5.64. The van der Waals surface area contributed by atoms with Crippen LogP contribution in [0.5, 0.6) is 0 Å². The molecule has 28 heavy (non-hydrogen) atoms. The molecule has 0 aromatic carbocycles. The molecule has 1 aliphatic carbocycles. The largest absolute Gasteiger partial charge is 0.357 e. The molecular weight excluding hydrogens is 463 g/mol. The van der Waals surface area contributed by atoms with Crippen molar-refractivity contribution in [2.75, 3.05) is 26.2 Å². The van der Waals surface area contributed by atoms with Crippen molar-refractivity contribution < 1.29 is 0 Å². The first kappa shape index (κ1) is 21.4. The van der Waals surface area contributed by atoms with Crippen LogP contribution >= 0.6 is 24.0 Å². The molecule has 0 spiro atoms. The number of nitrogens with zero attached hydrogens (tertiary/aromatic N) is 4. The first-order valence-electron chi connectivity index (χ1n) is 10.4. The Labute approximate surface area is 185 Å². The van der Waals surface area contributed by atoms with Crippen molar-refractivity contribution >= 4 is 35.6 Å². The Morgan fingerprint density at radius 1 is 1.25 bits per heavy atom. The van der Waals surface area contributed by atoms with Gasteiger partial charge in [0.05, 0.1) is 5.69 Å². The maximum absolute atomic E-state index is 4.79. The summed E-state index contributed by atoms with van der Waals surface area (Å²) in [6.45, 7) is 8.31. The number of halogens is 1. The second kappa shape index (κ2) is 9.91. The van der Waals surface area contributed by atoms with E-state index in [-0.39, 0.29) is 24.0 Å². The lowest BCUT2D eigenvalue weighted by Gasteiger charge is -2.33. The van der Waals surface area contributed by atoms with Gasteiger partial charge in [-0.15, -0.1) is 24.0 Å². The van der Waals surface area contributed by atoms with Gasteiger partial charge in [0.1, 0.15) is 5.65 Å². The summed E-state index contributed by atoms with van der Waals surface area (Å²) >= 11 is 0. The Morgan fingerprint density at radius 2 is 2.04 bits per heavy atom. The van der Waals surface area contributed by atoms with Crippen molar-refractivity contribution in [3.8, 4) is 0 Å². The number of aliphatic imine (C=N–C) groups is 1. The van der Waals surface area contributed by atoms with Crippen LogP contribution in [0.15, 0.2) is 29.5 Å². The van der Waals surface area contributed by atoms with Gasteiger partial charge in [0.15, 0.2) is 5.96 Å². The number of nitrogens with one attached hydrogen (secondary N) is 2. The molecule has 2 N–H and O–H groups in total. The highest BCUT2D eigenvalue weighted by Crippen LogP contribution is 2.29. The van der Waals surface area contributed by atoms with E-state index in [1.807, 2.05) is 0 Å². The van der Waals surface area contributed by atoms with E-state index >= 15 is 0 Å². The number of guanidine groups is 1. The van der Waals surface area contributed by atoms with Gasteiger partial charge >= 0.3 is 0 Å². The fourth-order valence-electron chi connectivity index (χ4n) is 3.97. The molecule has 0 amide bonds. The highest BCUT2D eigenvalue weighted by atomic mass is 127. The molecule has 7 heteroatoms. The van der Waals surface area contributed by atoms with Gasteiger partial charge in [0.25, 0.3) is 0 Å². The van der Waals surface area contributed by atoms with Gasteiger partial charge in [-0.25, -0.2) is 4.98 Å². The summed E-state index contributed by atoms with van der Waals surface area (Å²) in [6, 6.07) is 5.59. The lowest BCUT2D eigenvalue weighted by molar-refractivity contribution is 0.197. The molecule has 6 nitrogen and oxygen atoms in total. The van der Waals surface area contributed by atoms with Gasteiger partial charge in [-0.1, -0.05) is 6.07 Å². The van der Waals surface area contributed by atoms with Crippen molar-refractivity contribution in [1.29, 1.82) is 0 Å². The molecule has 154 valence electrons. The zero-order chi connectivity index (χ0) is 18.6. The van der Waals surface area contributed by atoms with Gasteiger partial charge in [-0.05, 0) is 51.2 Å². The Balaban J connectivity index is 0.00000225. The van der Waals surface area contributed by atoms with E-state index in [0.29, 0.717) is 6.04 Å². The van der Waals surface area contributed by atoms with Crippen molar-refractivity contribution in [2.24, 2.45) is 4.99 Å². The molecule has 2 aliphatic rings. The predicted molar refractivity (Wildman–Crippen MR) is 126 cm³/mol. The fraction of sp³-hybridized carbons (Fsp3) is 0.619. The van der Waals surface area contributed by atoms with Gasteiger partial charge in [0.2, 0.25) is 0 Å². The molecule has 4 rings (SSSR count).